The molecule has 0 aromatic carbocycles. The highest BCUT2D eigenvalue weighted by Gasteiger charge is 2.63. The van der Waals surface area contributed by atoms with Gasteiger partial charge in [0.15, 0.2) is 10.7 Å². The van der Waals surface area contributed by atoms with Crippen molar-refractivity contribution in [3.05, 3.63) is 23.5 Å². The molecular weight excluding hydrogens is 304 g/mol. The second-order valence-electron chi connectivity index (χ2n) is 5.93. The highest BCUT2D eigenvalue weighted by atomic mass is 32.1. The maximum Gasteiger partial charge on any atom is 0.274 e. The van der Waals surface area contributed by atoms with Crippen LogP contribution >= 0.6 is 11.3 Å². The molecule has 0 aliphatic carbocycles. The van der Waals surface area contributed by atoms with Crippen molar-refractivity contribution in [2.45, 2.75) is 24.6 Å². The normalized spacial score (nSPS) is 30.4. The molecule has 0 N–H and O–H groups in total. The summed E-state index contributed by atoms with van der Waals surface area (Å²) in [7, 11) is 0. The lowest BCUT2D eigenvalue weighted by atomic mass is 10.1. The third-order valence-electron chi connectivity index (χ3n) is 4.97. The van der Waals surface area contributed by atoms with Crippen molar-refractivity contribution in [3.63, 3.8) is 0 Å². The Morgan fingerprint density at radius 3 is 3.23 bits per heavy atom. The van der Waals surface area contributed by atoms with Gasteiger partial charge in [-0.25, -0.2) is 4.98 Å². The van der Waals surface area contributed by atoms with Crippen molar-refractivity contribution in [2.75, 3.05) is 19.7 Å². The lowest BCUT2D eigenvalue weighted by molar-refractivity contribution is -0.136. The molecule has 2 aromatic rings. The van der Waals surface area contributed by atoms with E-state index in [1.54, 1.807) is 11.1 Å². The zero-order chi connectivity index (χ0) is 14.9. The maximum absolute atomic E-state index is 12.8. The van der Waals surface area contributed by atoms with Crippen LogP contribution in [0.1, 0.15) is 23.3 Å². The molecule has 3 saturated heterocycles. The SMILES string of the molecule is O=C(c1cn2ccsc2n1)N1CC[C@@]23OCCN2C(=O)C[C@@H]13. The van der Waals surface area contributed by atoms with E-state index in [0.29, 0.717) is 38.2 Å². The first-order chi connectivity index (χ1) is 10.7. The van der Waals surface area contributed by atoms with E-state index in [-0.39, 0.29) is 17.9 Å². The molecular formula is C14H14N4O3S. The number of carbonyl (C=O) groups is 2. The number of rotatable bonds is 1. The fourth-order valence-corrected chi connectivity index (χ4v) is 4.71. The van der Waals surface area contributed by atoms with Crippen LogP contribution in [0.15, 0.2) is 17.8 Å². The van der Waals surface area contributed by atoms with Crippen LogP contribution in [0.4, 0.5) is 0 Å². The zero-order valence-corrected chi connectivity index (χ0v) is 12.6. The number of hydrogen-bond acceptors (Lipinski definition) is 5. The number of imidazole rings is 1. The second kappa shape index (κ2) is 4.08. The van der Waals surface area contributed by atoms with Crippen LogP contribution < -0.4 is 0 Å². The Kier molecular flexibility index (Phi) is 2.34. The maximum atomic E-state index is 12.8. The summed E-state index contributed by atoms with van der Waals surface area (Å²) in [5, 5.41) is 1.93. The molecule has 3 fully saturated rings. The Hall–Kier alpha value is -1.93. The third kappa shape index (κ3) is 1.41. The predicted octanol–water partition coefficient (Wildman–Crippen LogP) is 0.569. The largest absolute Gasteiger partial charge is 0.351 e. The molecule has 1 spiro atoms. The Bertz CT molecular complexity index is 770. The highest BCUT2D eigenvalue weighted by Crippen LogP contribution is 2.45. The molecule has 3 aliphatic heterocycles. The van der Waals surface area contributed by atoms with E-state index < -0.39 is 5.72 Å². The Labute approximate surface area is 130 Å². The van der Waals surface area contributed by atoms with Gasteiger partial charge >= 0.3 is 0 Å². The van der Waals surface area contributed by atoms with Crippen LogP contribution in [0.3, 0.4) is 0 Å². The van der Waals surface area contributed by atoms with Gasteiger partial charge < -0.3 is 14.5 Å². The van der Waals surface area contributed by atoms with Crippen molar-refractivity contribution >= 4 is 28.1 Å². The fourth-order valence-electron chi connectivity index (χ4n) is 4.01. The summed E-state index contributed by atoms with van der Waals surface area (Å²) < 4.78 is 7.76. The van der Waals surface area contributed by atoms with Crippen LogP contribution in [0.25, 0.3) is 4.96 Å². The molecule has 114 valence electrons. The van der Waals surface area contributed by atoms with Gasteiger partial charge in [0.1, 0.15) is 5.69 Å². The van der Waals surface area contributed by atoms with Gasteiger partial charge in [0.05, 0.1) is 19.1 Å². The quantitative estimate of drug-likeness (QED) is 0.771. The number of fused-ring (bicyclic) bond motifs is 1. The molecule has 2 aromatic heterocycles. The van der Waals surface area contributed by atoms with Crippen molar-refractivity contribution in [1.82, 2.24) is 19.2 Å². The Morgan fingerprint density at radius 2 is 2.36 bits per heavy atom. The minimum atomic E-state index is -0.580. The molecule has 22 heavy (non-hydrogen) atoms. The monoisotopic (exact) mass is 318 g/mol. The number of thiazole rings is 1. The number of ether oxygens (including phenoxy) is 1. The standard InChI is InChI=1S/C14H14N4O3S/c19-11-7-10-14(18(11)3-5-21-14)1-2-17(10)12(20)9-8-16-4-6-22-13(16)15-9/h4,6,8,10H,1-3,5,7H2/t10-,14+/m1/s1. The lowest BCUT2D eigenvalue weighted by Gasteiger charge is -2.31. The van der Waals surface area contributed by atoms with Gasteiger partial charge in [-0.3, -0.25) is 14.0 Å². The second-order valence-corrected chi connectivity index (χ2v) is 6.80. The van der Waals surface area contributed by atoms with Gasteiger partial charge in [-0.2, -0.15) is 0 Å². The van der Waals surface area contributed by atoms with E-state index in [4.69, 9.17) is 4.74 Å². The summed E-state index contributed by atoms with van der Waals surface area (Å²) in [5.41, 5.74) is -0.142. The smallest absolute Gasteiger partial charge is 0.274 e. The Morgan fingerprint density at radius 1 is 1.45 bits per heavy atom. The van der Waals surface area contributed by atoms with Gasteiger partial charge in [0.25, 0.3) is 5.91 Å². The van der Waals surface area contributed by atoms with E-state index in [2.05, 4.69) is 4.98 Å². The fraction of sp³-hybridized carbons (Fsp3) is 0.500. The molecule has 8 heteroatoms. The first-order valence-corrected chi connectivity index (χ1v) is 8.25. The molecule has 3 aliphatic rings. The van der Waals surface area contributed by atoms with E-state index in [1.807, 2.05) is 20.9 Å². The van der Waals surface area contributed by atoms with Gasteiger partial charge in [-0.05, 0) is 0 Å². The molecule has 2 atom stereocenters. The first kappa shape index (κ1) is 12.6. The number of amides is 2. The van der Waals surface area contributed by atoms with E-state index in [1.165, 1.54) is 11.3 Å². The first-order valence-electron chi connectivity index (χ1n) is 7.37. The van der Waals surface area contributed by atoms with Crippen LogP contribution in [0.2, 0.25) is 0 Å². The Balaban J connectivity index is 1.50. The predicted molar refractivity (Wildman–Crippen MR) is 77.5 cm³/mol. The number of nitrogens with zero attached hydrogens (tertiary/aromatic N) is 4. The summed E-state index contributed by atoms with van der Waals surface area (Å²) in [6.45, 7) is 1.81. The average molecular weight is 318 g/mol. The molecule has 2 amide bonds. The van der Waals surface area contributed by atoms with Crippen molar-refractivity contribution in [2.24, 2.45) is 0 Å². The number of likely N-dealkylation sites (tertiary alicyclic amines) is 1. The van der Waals surface area contributed by atoms with E-state index >= 15 is 0 Å². The number of carbonyl (C=O) groups excluding carboxylic acids is 2. The van der Waals surface area contributed by atoms with E-state index in [0.717, 1.165) is 4.96 Å². The lowest BCUT2D eigenvalue weighted by Crippen LogP contribution is -2.48. The van der Waals surface area contributed by atoms with Crippen molar-refractivity contribution in [3.8, 4) is 0 Å². The molecule has 5 rings (SSSR count). The van der Waals surface area contributed by atoms with Crippen molar-refractivity contribution in [1.29, 1.82) is 0 Å². The molecule has 7 nitrogen and oxygen atoms in total. The van der Waals surface area contributed by atoms with Crippen LogP contribution in [-0.2, 0) is 9.53 Å². The summed E-state index contributed by atoms with van der Waals surface area (Å²) in [6.07, 6.45) is 4.69. The molecule has 0 saturated carbocycles. The van der Waals surface area contributed by atoms with E-state index in [9.17, 15) is 9.59 Å². The van der Waals surface area contributed by atoms with Gasteiger partial charge in [0, 0.05) is 37.3 Å². The number of hydrogen-bond donors (Lipinski definition) is 0. The molecule has 5 heterocycles. The molecule has 0 unspecified atom stereocenters. The topological polar surface area (TPSA) is 67.2 Å². The molecule has 0 bridgehead atoms. The van der Waals surface area contributed by atoms with Crippen LogP contribution in [0.5, 0.6) is 0 Å². The minimum Gasteiger partial charge on any atom is -0.351 e. The van der Waals surface area contributed by atoms with Gasteiger partial charge in [0.2, 0.25) is 5.91 Å². The summed E-state index contributed by atoms with van der Waals surface area (Å²) in [6, 6.07) is -0.185. The minimum absolute atomic E-state index is 0.0887. The van der Waals surface area contributed by atoms with Crippen molar-refractivity contribution < 1.29 is 14.3 Å². The summed E-state index contributed by atoms with van der Waals surface area (Å²) >= 11 is 1.50. The van der Waals surface area contributed by atoms with Crippen LogP contribution in [-0.4, -0.2) is 62.5 Å². The highest BCUT2D eigenvalue weighted by molar-refractivity contribution is 7.15. The molecule has 0 radical (unpaired) electrons. The zero-order valence-electron chi connectivity index (χ0n) is 11.8. The van der Waals surface area contributed by atoms with Gasteiger partial charge in [-0.1, -0.05) is 0 Å². The number of aromatic nitrogens is 2. The average Bonchev–Trinajstić information content (AvgIpc) is 3.23. The third-order valence-corrected chi connectivity index (χ3v) is 5.74. The summed E-state index contributed by atoms with van der Waals surface area (Å²) in [5.74, 6) is -0.0197. The van der Waals surface area contributed by atoms with Gasteiger partial charge in [-0.15, -0.1) is 11.3 Å². The summed E-state index contributed by atoms with van der Waals surface area (Å²) in [4.78, 5) is 33.8. The van der Waals surface area contributed by atoms with Crippen LogP contribution in [0, 0.1) is 0 Å².